The number of amides is 1. The maximum atomic E-state index is 13.0. The van der Waals surface area contributed by atoms with Gasteiger partial charge in [-0.2, -0.15) is 0 Å². The molecule has 0 bridgehead atoms. The molecule has 1 heterocycles. The molecule has 0 radical (unpaired) electrons. The minimum Gasteiger partial charge on any atom is -0.322 e. The molecule has 2 aromatic rings. The first-order chi connectivity index (χ1) is 9.38. The molecule has 2 N–H and O–H groups in total. The molecule has 1 unspecified atom stereocenters. The molecule has 0 fully saturated rings. The van der Waals surface area contributed by atoms with Crippen LogP contribution in [0, 0.1) is 18.6 Å². The second-order valence-electron chi connectivity index (χ2n) is 3.87. The first-order valence-corrected chi connectivity index (χ1v) is 7.28. The van der Waals surface area contributed by atoms with E-state index in [0.29, 0.717) is 4.88 Å². The monoisotopic (exact) mass is 317 g/mol. The summed E-state index contributed by atoms with van der Waals surface area (Å²) in [5.74, 6) is -2.63. The quantitative estimate of drug-likeness (QED) is 0.855. The normalized spacial score (nSPS) is 12.2. The van der Waals surface area contributed by atoms with E-state index < -0.39 is 28.6 Å². The molecule has 1 aromatic carbocycles. The minimum absolute atomic E-state index is 0.103. The molecule has 20 heavy (non-hydrogen) atoms. The molecule has 106 valence electrons. The fraction of sp³-hybridized carbons (Fsp3) is 0.0833. The molecular weight excluding hydrogens is 308 g/mol. The van der Waals surface area contributed by atoms with Crippen molar-refractivity contribution < 1.29 is 22.3 Å². The highest BCUT2D eigenvalue weighted by atomic mass is 32.2. The Hall–Kier alpha value is -1.64. The van der Waals surface area contributed by atoms with Crippen LogP contribution in [-0.4, -0.2) is 14.7 Å². The summed E-state index contributed by atoms with van der Waals surface area (Å²) in [6.07, 6.45) is 0. The van der Waals surface area contributed by atoms with Crippen LogP contribution in [0.4, 0.5) is 14.5 Å². The Balaban J connectivity index is 2.23. The first-order valence-electron chi connectivity index (χ1n) is 5.36. The van der Waals surface area contributed by atoms with Crippen molar-refractivity contribution in [2.24, 2.45) is 0 Å². The average Bonchev–Trinajstić information content (AvgIpc) is 2.76. The third-order valence-corrected chi connectivity index (χ3v) is 4.47. The summed E-state index contributed by atoms with van der Waals surface area (Å²) in [7, 11) is 0. The van der Waals surface area contributed by atoms with Gasteiger partial charge < -0.3 is 9.87 Å². The standard InChI is InChI=1S/C12H9F2NO3S2/c1-6-8(5-11(19-6)20(17)18)12(16)15-7-2-3-9(13)10(14)4-7/h2-5H,1H3,(H,15,16)(H,17,18). The van der Waals surface area contributed by atoms with Crippen LogP contribution in [0.2, 0.25) is 0 Å². The first kappa shape index (κ1) is 14.8. The van der Waals surface area contributed by atoms with Crippen LogP contribution in [0.5, 0.6) is 0 Å². The summed E-state index contributed by atoms with van der Waals surface area (Å²) in [6, 6.07) is 4.29. The highest BCUT2D eigenvalue weighted by Gasteiger charge is 2.16. The number of carbonyl (C=O) groups is 1. The summed E-state index contributed by atoms with van der Waals surface area (Å²) in [5.41, 5.74) is 0.323. The molecule has 0 aliphatic heterocycles. The van der Waals surface area contributed by atoms with E-state index in [-0.39, 0.29) is 15.5 Å². The summed E-state index contributed by atoms with van der Waals surface area (Å²) in [4.78, 5) is 12.5. The van der Waals surface area contributed by atoms with Crippen molar-refractivity contribution in [1.29, 1.82) is 0 Å². The molecule has 0 aliphatic carbocycles. The van der Waals surface area contributed by atoms with Crippen LogP contribution in [-0.2, 0) is 11.1 Å². The lowest BCUT2D eigenvalue weighted by Gasteiger charge is -2.05. The number of nitrogens with one attached hydrogen (secondary N) is 1. The van der Waals surface area contributed by atoms with Crippen LogP contribution in [0.25, 0.3) is 0 Å². The molecule has 1 amide bonds. The van der Waals surface area contributed by atoms with Gasteiger partial charge in [0.1, 0.15) is 4.21 Å². The van der Waals surface area contributed by atoms with Crippen molar-refractivity contribution in [2.75, 3.05) is 5.32 Å². The fourth-order valence-corrected chi connectivity index (χ4v) is 3.16. The van der Waals surface area contributed by atoms with E-state index in [0.717, 1.165) is 23.5 Å². The lowest BCUT2D eigenvalue weighted by Crippen LogP contribution is -2.12. The summed E-state index contributed by atoms with van der Waals surface area (Å²) in [5, 5.41) is 2.40. The Bertz CT molecular complexity index is 700. The Kier molecular flexibility index (Phi) is 4.26. The van der Waals surface area contributed by atoms with Crippen molar-refractivity contribution in [1.82, 2.24) is 0 Å². The number of hydrogen-bond acceptors (Lipinski definition) is 3. The number of aryl methyl sites for hydroxylation is 1. The van der Waals surface area contributed by atoms with Crippen LogP contribution >= 0.6 is 11.3 Å². The van der Waals surface area contributed by atoms with Crippen LogP contribution in [0.15, 0.2) is 28.5 Å². The molecule has 0 saturated heterocycles. The van der Waals surface area contributed by atoms with Crippen molar-refractivity contribution in [3.05, 3.63) is 46.3 Å². The van der Waals surface area contributed by atoms with E-state index in [2.05, 4.69) is 5.32 Å². The number of carbonyl (C=O) groups excluding carboxylic acids is 1. The van der Waals surface area contributed by atoms with Gasteiger partial charge in [-0.15, -0.1) is 11.3 Å². The van der Waals surface area contributed by atoms with Crippen molar-refractivity contribution >= 4 is 34.0 Å². The zero-order chi connectivity index (χ0) is 14.9. The summed E-state index contributed by atoms with van der Waals surface area (Å²) >= 11 is -1.14. The smallest absolute Gasteiger partial charge is 0.256 e. The highest BCUT2D eigenvalue weighted by Crippen LogP contribution is 2.25. The molecular formula is C12H9F2NO3S2. The van der Waals surface area contributed by atoms with Crippen molar-refractivity contribution in [2.45, 2.75) is 11.1 Å². The van der Waals surface area contributed by atoms with E-state index in [4.69, 9.17) is 4.55 Å². The fourth-order valence-electron chi connectivity index (χ4n) is 1.54. The third-order valence-electron chi connectivity index (χ3n) is 2.49. The predicted octanol–water partition coefficient (Wildman–Crippen LogP) is 3.17. The number of halogens is 2. The number of anilines is 1. The molecule has 0 saturated carbocycles. The third kappa shape index (κ3) is 3.09. The van der Waals surface area contributed by atoms with Gasteiger partial charge in [0, 0.05) is 16.6 Å². The molecule has 1 aromatic heterocycles. The summed E-state index contributed by atoms with van der Waals surface area (Å²) in [6.45, 7) is 1.63. The van der Waals surface area contributed by atoms with Crippen LogP contribution in [0.1, 0.15) is 15.2 Å². The Morgan fingerprint density at radius 2 is 2.00 bits per heavy atom. The Morgan fingerprint density at radius 3 is 2.55 bits per heavy atom. The Labute approximate surface area is 119 Å². The highest BCUT2D eigenvalue weighted by molar-refractivity contribution is 7.81. The number of rotatable bonds is 3. The largest absolute Gasteiger partial charge is 0.322 e. The molecule has 0 aliphatic rings. The van der Waals surface area contributed by atoms with Gasteiger partial charge in [0.2, 0.25) is 0 Å². The predicted molar refractivity (Wildman–Crippen MR) is 72.4 cm³/mol. The van der Waals surface area contributed by atoms with Gasteiger partial charge in [-0.25, -0.2) is 13.0 Å². The number of benzene rings is 1. The maximum Gasteiger partial charge on any atom is 0.256 e. The molecule has 1 atom stereocenters. The van der Waals surface area contributed by atoms with E-state index in [9.17, 15) is 17.8 Å². The van der Waals surface area contributed by atoms with Gasteiger partial charge in [0.25, 0.3) is 5.91 Å². The van der Waals surface area contributed by atoms with Gasteiger partial charge in [-0.1, -0.05) is 0 Å². The van der Waals surface area contributed by atoms with E-state index in [1.807, 2.05) is 0 Å². The van der Waals surface area contributed by atoms with E-state index in [1.165, 1.54) is 12.1 Å². The maximum absolute atomic E-state index is 13.0. The van der Waals surface area contributed by atoms with Gasteiger partial charge >= 0.3 is 0 Å². The lowest BCUT2D eigenvalue weighted by molar-refractivity contribution is 0.102. The second kappa shape index (κ2) is 5.78. The summed E-state index contributed by atoms with van der Waals surface area (Å²) < 4.78 is 45.8. The molecule has 4 nitrogen and oxygen atoms in total. The topological polar surface area (TPSA) is 66.4 Å². The van der Waals surface area contributed by atoms with Gasteiger partial charge in [-0.3, -0.25) is 4.79 Å². The van der Waals surface area contributed by atoms with Gasteiger partial charge in [0.05, 0.1) is 5.56 Å². The van der Waals surface area contributed by atoms with Gasteiger partial charge in [-0.05, 0) is 25.1 Å². The zero-order valence-corrected chi connectivity index (χ0v) is 11.8. The van der Waals surface area contributed by atoms with E-state index in [1.54, 1.807) is 6.92 Å². The molecule has 0 spiro atoms. The Morgan fingerprint density at radius 1 is 1.30 bits per heavy atom. The zero-order valence-electron chi connectivity index (χ0n) is 10.1. The molecule has 8 heteroatoms. The SMILES string of the molecule is Cc1sc(S(=O)O)cc1C(=O)Nc1ccc(F)c(F)c1. The number of thiophene rings is 1. The van der Waals surface area contributed by atoms with Gasteiger partial charge in [0.15, 0.2) is 22.7 Å². The lowest BCUT2D eigenvalue weighted by atomic mass is 10.2. The number of hydrogen-bond donors (Lipinski definition) is 2. The molecule has 2 rings (SSSR count). The van der Waals surface area contributed by atoms with Crippen molar-refractivity contribution in [3.8, 4) is 0 Å². The van der Waals surface area contributed by atoms with Crippen LogP contribution in [0.3, 0.4) is 0 Å². The minimum atomic E-state index is -2.16. The van der Waals surface area contributed by atoms with Crippen LogP contribution < -0.4 is 5.32 Å². The second-order valence-corrected chi connectivity index (χ2v) is 6.32. The van der Waals surface area contributed by atoms with E-state index >= 15 is 0 Å². The van der Waals surface area contributed by atoms with Crippen molar-refractivity contribution in [3.63, 3.8) is 0 Å². The average molecular weight is 317 g/mol.